The highest BCUT2D eigenvalue weighted by Gasteiger charge is 2.16. The number of aromatic carboxylic acids is 1. The number of nitrogens with zero attached hydrogens (tertiary/aromatic N) is 2. The van der Waals surface area contributed by atoms with Crippen molar-refractivity contribution in [3.63, 3.8) is 0 Å². The van der Waals surface area contributed by atoms with Crippen molar-refractivity contribution in [1.29, 1.82) is 0 Å². The maximum Gasteiger partial charge on any atom is 0.356 e. The molecule has 5 nitrogen and oxygen atoms in total. The van der Waals surface area contributed by atoms with E-state index in [1.807, 2.05) is 20.8 Å². The number of nitrogens with two attached hydrogens (primary N) is 1. The molecule has 0 aliphatic rings. The predicted octanol–water partition coefficient (Wildman–Crippen LogP) is 1.52. The van der Waals surface area contributed by atoms with E-state index in [0.717, 1.165) is 0 Å². The van der Waals surface area contributed by atoms with E-state index in [4.69, 9.17) is 10.8 Å². The molecule has 1 aromatic heterocycles. The highest BCUT2D eigenvalue weighted by molar-refractivity contribution is 5.91. The van der Waals surface area contributed by atoms with Crippen LogP contribution in [0, 0.1) is 5.92 Å². The number of aromatic nitrogens is 2. The number of carbonyl (C=O) groups is 1. The molecular weight excluding hydrogens is 206 g/mol. The molecule has 0 amide bonds. The monoisotopic (exact) mass is 223 g/mol. The zero-order chi connectivity index (χ0) is 12.3. The molecule has 0 unspecified atom stereocenters. The second-order valence-electron chi connectivity index (χ2n) is 4.11. The van der Waals surface area contributed by atoms with Gasteiger partial charge in [-0.3, -0.25) is 0 Å². The van der Waals surface area contributed by atoms with E-state index in [2.05, 4.69) is 9.97 Å². The Morgan fingerprint density at radius 2 is 2.06 bits per heavy atom. The molecule has 1 heterocycles. The average molecular weight is 223 g/mol. The molecule has 0 aliphatic heterocycles. The predicted molar refractivity (Wildman–Crippen MR) is 61.3 cm³/mol. The Labute approximate surface area is 94.7 Å². The van der Waals surface area contributed by atoms with Crippen molar-refractivity contribution in [1.82, 2.24) is 9.97 Å². The summed E-state index contributed by atoms with van der Waals surface area (Å²) in [5.41, 5.74) is 6.40. The minimum atomic E-state index is -1.10. The summed E-state index contributed by atoms with van der Waals surface area (Å²) in [5, 5.41) is 8.97. The van der Waals surface area contributed by atoms with Gasteiger partial charge < -0.3 is 10.8 Å². The van der Waals surface area contributed by atoms with Crippen LogP contribution in [-0.4, -0.2) is 21.0 Å². The van der Waals surface area contributed by atoms with Gasteiger partial charge in [0.25, 0.3) is 0 Å². The molecule has 0 saturated heterocycles. The summed E-state index contributed by atoms with van der Waals surface area (Å²) < 4.78 is 0. The molecule has 0 saturated carbocycles. The third-order valence-electron chi connectivity index (χ3n) is 2.20. The summed E-state index contributed by atoms with van der Waals surface area (Å²) in [4.78, 5) is 19.2. The van der Waals surface area contributed by atoms with E-state index < -0.39 is 5.97 Å². The van der Waals surface area contributed by atoms with Crippen LogP contribution in [0.25, 0.3) is 0 Å². The fourth-order valence-corrected chi connectivity index (χ4v) is 1.46. The summed E-state index contributed by atoms with van der Waals surface area (Å²) >= 11 is 0. The topological polar surface area (TPSA) is 89.1 Å². The van der Waals surface area contributed by atoms with Gasteiger partial charge in [0.15, 0.2) is 5.69 Å². The van der Waals surface area contributed by atoms with Crippen LogP contribution in [0.3, 0.4) is 0 Å². The van der Waals surface area contributed by atoms with Gasteiger partial charge in [0.2, 0.25) is 0 Å². The lowest BCUT2D eigenvalue weighted by molar-refractivity contribution is 0.0691. The molecule has 0 atom stereocenters. The molecule has 0 radical (unpaired) electrons. The van der Waals surface area contributed by atoms with Gasteiger partial charge in [0, 0.05) is 6.42 Å². The molecular formula is C11H17N3O2. The molecule has 88 valence electrons. The van der Waals surface area contributed by atoms with Crippen molar-refractivity contribution >= 4 is 11.7 Å². The van der Waals surface area contributed by atoms with Crippen LogP contribution in [0.4, 0.5) is 5.69 Å². The maximum absolute atomic E-state index is 11.0. The second kappa shape index (κ2) is 4.92. The number of aryl methyl sites for hydroxylation is 1. The molecule has 0 spiro atoms. The van der Waals surface area contributed by atoms with Crippen molar-refractivity contribution in [2.45, 2.75) is 33.6 Å². The number of nitrogen functional groups attached to an aromatic ring is 1. The lowest BCUT2D eigenvalue weighted by Crippen LogP contribution is -2.14. The second-order valence-corrected chi connectivity index (χ2v) is 4.11. The Morgan fingerprint density at radius 3 is 2.50 bits per heavy atom. The van der Waals surface area contributed by atoms with Crippen molar-refractivity contribution in [3.8, 4) is 0 Å². The molecule has 0 aliphatic carbocycles. The van der Waals surface area contributed by atoms with Crippen molar-refractivity contribution in [2.75, 3.05) is 5.73 Å². The number of hydrogen-bond acceptors (Lipinski definition) is 4. The summed E-state index contributed by atoms with van der Waals surface area (Å²) in [5.74, 6) is -0.159. The Kier molecular flexibility index (Phi) is 3.82. The van der Waals surface area contributed by atoms with E-state index in [9.17, 15) is 4.79 Å². The Bertz CT molecular complexity index is 402. The van der Waals surface area contributed by atoms with Crippen molar-refractivity contribution in [3.05, 3.63) is 17.2 Å². The largest absolute Gasteiger partial charge is 0.476 e. The molecule has 16 heavy (non-hydrogen) atoms. The summed E-state index contributed by atoms with van der Waals surface area (Å²) in [6.45, 7) is 5.96. The lowest BCUT2D eigenvalue weighted by atomic mass is 10.1. The number of rotatable bonds is 4. The molecule has 0 aromatic carbocycles. The summed E-state index contributed by atoms with van der Waals surface area (Å²) in [6, 6.07) is 0. The highest BCUT2D eigenvalue weighted by atomic mass is 16.4. The highest BCUT2D eigenvalue weighted by Crippen LogP contribution is 2.16. The van der Waals surface area contributed by atoms with Crippen LogP contribution in [0.5, 0.6) is 0 Å². The van der Waals surface area contributed by atoms with Gasteiger partial charge >= 0.3 is 5.97 Å². The number of carboxylic acid groups (broad SMARTS) is 1. The van der Waals surface area contributed by atoms with Crippen molar-refractivity contribution < 1.29 is 9.90 Å². The minimum absolute atomic E-state index is 0.0810. The lowest BCUT2D eigenvalue weighted by Gasteiger charge is -2.09. The van der Waals surface area contributed by atoms with Crippen LogP contribution < -0.4 is 5.73 Å². The molecule has 0 fully saturated rings. The average Bonchev–Trinajstić information content (AvgIpc) is 2.19. The molecule has 1 rings (SSSR count). The number of anilines is 1. The fourth-order valence-electron chi connectivity index (χ4n) is 1.46. The Morgan fingerprint density at radius 1 is 1.44 bits per heavy atom. The van der Waals surface area contributed by atoms with E-state index in [1.54, 1.807) is 0 Å². The van der Waals surface area contributed by atoms with E-state index >= 15 is 0 Å². The minimum Gasteiger partial charge on any atom is -0.476 e. The maximum atomic E-state index is 11.0. The van der Waals surface area contributed by atoms with E-state index in [1.165, 1.54) is 0 Å². The SMILES string of the molecule is CCc1nc(CC(C)C)nc(C(=O)O)c1N. The Hall–Kier alpha value is -1.65. The zero-order valence-electron chi connectivity index (χ0n) is 9.82. The number of carboxylic acids is 1. The molecule has 5 heteroatoms. The van der Waals surface area contributed by atoms with Crippen LogP contribution in [0.2, 0.25) is 0 Å². The normalized spacial score (nSPS) is 10.8. The first-order valence-corrected chi connectivity index (χ1v) is 5.34. The quantitative estimate of drug-likeness (QED) is 0.807. The van der Waals surface area contributed by atoms with E-state index in [-0.39, 0.29) is 11.4 Å². The van der Waals surface area contributed by atoms with Gasteiger partial charge in [-0.1, -0.05) is 20.8 Å². The third kappa shape index (κ3) is 2.68. The van der Waals surface area contributed by atoms with Gasteiger partial charge in [-0.25, -0.2) is 14.8 Å². The van der Waals surface area contributed by atoms with Gasteiger partial charge in [0.05, 0.1) is 11.4 Å². The molecule has 0 bridgehead atoms. The standard InChI is InChI=1S/C11H17N3O2/c1-4-7-9(12)10(11(15)16)14-8(13-7)5-6(2)3/h6H,4-5,12H2,1-3H3,(H,15,16). The van der Waals surface area contributed by atoms with Gasteiger partial charge in [-0.15, -0.1) is 0 Å². The first-order chi connectivity index (χ1) is 7.45. The van der Waals surface area contributed by atoms with E-state index in [0.29, 0.717) is 30.3 Å². The third-order valence-corrected chi connectivity index (χ3v) is 2.20. The van der Waals surface area contributed by atoms with Crippen LogP contribution in [0.1, 0.15) is 42.8 Å². The van der Waals surface area contributed by atoms with Crippen LogP contribution >= 0.6 is 0 Å². The van der Waals surface area contributed by atoms with Gasteiger partial charge in [0.1, 0.15) is 5.82 Å². The zero-order valence-corrected chi connectivity index (χ0v) is 9.82. The van der Waals surface area contributed by atoms with Gasteiger partial charge in [-0.05, 0) is 12.3 Å². The van der Waals surface area contributed by atoms with Crippen LogP contribution in [-0.2, 0) is 12.8 Å². The molecule has 1 aromatic rings. The Balaban J connectivity index is 3.23. The smallest absolute Gasteiger partial charge is 0.356 e. The van der Waals surface area contributed by atoms with Gasteiger partial charge in [-0.2, -0.15) is 0 Å². The first kappa shape index (κ1) is 12.4. The summed E-state index contributed by atoms with van der Waals surface area (Å²) in [6.07, 6.45) is 1.27. The van der Waals surface area contributed by atoms with Crippen molar-refractivity contribution in [2.24, 2.45) is 5.92 Å². The first-order valence-electron chi connectivity index (χ1n) is 5.34. The van der Waals surface area contributed by atoms with Crippen LogP contribution in [0.15, 0.2) is 0 Å². The summed E-state index contributed by atoms with van der Waals surface area (Å²) in [7, 11) is 0. The fraction of sp³-hybridized carbons (Fsp3) is 0.545. The number of hydrogen-bond donors (Lipinski definition) is 2. The molecule has 3 N–H and O–H groups in total.